The standard InChI is InChI=1S/C14H16BrClN2/c1-18-10-13(9-17-18)7-12(8-15)6-11-2-4-14(16)5-3-11/h2-5,9-10,12H,6-8H2,1H3. The van der Waals surface area contributed by atoms with E-state index in [1.807, 2.05) is 30.1 Å². The Morgan fingerprint density at radius 1 is 1.22 bits per heavy atom. The maximum Gasteiger partial charge on any atom is 0.0521 e. The Kier molecular flexibility index (Phi) is 4.84. The third kappa shape index (κ3) is 3.85. The molecule has 1 atom stereocenters. The van der Waals surface area contributed by atoms with Gasteiger partial charge in [0.05, 0.1) is 6.20 Å². The van der Waals surface area contributed by atoms with Gasteiger partial charge in [0.15, 0.2) is 0 Å². The zero-order valence-corrected chi connectivity index (χ0v) is 12.7. The van der Waals surface area contributed by atoms with E-state index in [4.69, 9.17) is 11.6 Å². The summed E-state index contributed by atoms with van der Waals surface area (Å²) in [4.78, 5) is 0. The number of rotatable bonds is 5. The fourth-order valence-electron chi connectivity index (χ4n) is 2.05. The Morgan fingerprint density at radius 2 is 1.89 bits per heavy atom. The van der Waals surface area contributed by atoms with Gasteiger partial charge in [0, 0.05) is 23.6 Å². The zero-order chi connectivity index (χ0) is 13.0. The molecule has 1 unspecified atom stereocenters. The summed E-state index contributed by atoms with van der Waals surface area (Å²) < 4.78 is 1.85. The molecule has 0 aliphatic rings. The molecule has 1 aromatic heterocycles. The molecule has 0 spiro atoms. The maximum absolute atomic E-state index is 5.89. The molecule has 0 N–H and O–H groups in total. The van der Waals surface area contributed by atoms with E-state index in [1.165, 1.54) is 11.1 Å². The molecule has 0 amide bonds. The highest BCUT2D eigenvalue weighted by molar-refractivity contribution is 9.09. The van der Waals surface area contributed by atoms with Crippen LogP contribution >= 0.6 is 27.5 Å². The fraction of sp³-hybridized carbons (Fsp3) is 0.357. The molecule has 2 rings (SSSR count). The highest BCUT2D eigenvalue weighted by Crippen LogP contribution is 2.18. The van der Waals surface area contributed by atoms with E-state index in [9.17, 15) is 0 Å². The molecular formula is C14H16BrClN2. The number of alkyl halides is 1. The normalized spacial score (nSPS) is 12.6. The van der Waals surface area contributed by atoms with Crippen molar-refractivity contribution in [3.8, 4) is 0 Å². The molecular weight excluding hydrogens is 312 g/mol. The third-order valence-corrected chi connectivity index (χ3v) is 4.11. The van der Waals surface area contributed by atoms with Crippen LogP contribution in [0.2, 0.25) is 5.02 Å². The van der Waals surface area contributed by atoms with Gasteiger partial charge in [-0.3, -0.25) is 4.68 Å². The molecule has 0 bridgehead atoms. The van der Waals surface area contributed by atoms with Gasteiger partial charge in [0.2, 0.25) is 0 Å². The zero-order valence-electron chi connectivity index (χ0n) is 10.3. The van der Waals surface area contributed by atoms with E-state index in [2.05, 4.69) is 39.4 Å². The average Bonchev–Trinajstić information content (AvgIpc) is 2.77. The van der Waals surface area contributed by atoms with Crippen LogP contribution in [0.1, 0.15) is 11.1 Å². The summed E-state index contributed by atoms with van der Waals surface area (Å²) in [6.45, 7) is 0. The molecule has 0 radical (unpaired) electrons. The van der Waals surface area contributed by atoms with Crippen molar-refractivity contribution >= 4 is 27.5 Å². The minimum Gasteiger partial charge on any atom is -0.276 e. The summed E-state index contributed by atoms with van der Waals surface area (Å²) >= 11 is 9.49. The van der Waals surface area contributed by atoms with E-state index in [1.54, 1.807) is 0 Å². The van der Waals surface area contributed by atoms with Crippen LogP contribution in [-0.2, 0) is 19.9 Å². The number of aromatic nitrogens is 2. The van der Waals surface area contributed by atoms with E-state index in [-0.39, 0.29) is 0 Å². The van der Waals surface area contributed by atoms with Crippen molar-refractivity contribution in [2.24, 2.45) is 13.0 Å². The summed E-state index contributed by atoms with van der Waals surface area (Å²) in [5, 5.41) is 5.99. The van der Waals surface area contributed by atoms with Crippen molar-refractivity contribution < 1.29 is 0 Å². The minimum atomic E-state index is 0.579. The molecule has 18 heavy (non-hydrogen) atoms. The lowest BCUT2D eigenvalue weighted by Gasteiger charge is -2.13. The highest BCUT2D eigenvalue weighted by atomic mass is 79.9. The van der Waals surface area contributed by atoms with Crippen molar-refractivity contribution in [3.05, 3.63) is 52.8 Å². The number of halogens is 2. The Morgan fingerprint density at radius 3 is 2.44 bits per heavy atom. The topological polar surface area (TPSA) is 17.8 Å². The highest BCUT2D eigenvalue weighted by Gasteiger charge is 2.10. The van der Waals surface area contributed by atoms with Crippen LogP contribution in [0.25, 0.3) is 0 Å². The van der Waals surface area contributed by atoms with E-state index in [0.29, 0.717) is 5.92 Å². The number of hydrogen-bond donors (Lipinski definition) is 0. The molecule has 1 aromatic carbocycles. The maximum atomic E-state index is 5.89. The van der Waals surface area contributed by atoms with Gasteiger partial charge in [0.1, 0.15) is 0 Å². The lowest BCUT2D eigenvalue weighted by atomic mass is 9.96. The Labute approximate surface area is 121 Å². The second kappa shape index (κ2) is 6.39. The summed E-state index contributed by atoms with van der Waals surface area (Å²) in [6.07, 6.45) is 6.12. The second-order valence-corrected chi connectivity index (χ2v) is 5.66. The molecule has 2 nitrogen and oxygen atoms in total. The number of aryl methyl sites for hydroxylation is 1. The van der Waals surface area contributed by atoms with Gasteiger partial charge < -0.3 is 0 Å². The van der Waals surface area contributed by atoms with Crippen molar-refractivity contribution in [3.63, 3.8) is 0 Å². The van der Waals surface area contributed by atoms with Crippen LogP contribution in [0.3, 0.4) is 0 Å². The van der Waals surface area contributed by atoms with Crippen LogP contribution in [-0.4, -0.2) is 15.1 Å². The quantitative estimate of drug-likeness (QED) is 0.762. The second-order valence-electron chi connectivity index (χ2n) is 4.58. The smallest absolute Gasteiger partial charge is 0.0521 e. The van der Waals surface area contributed by atoms with Crippen LogP contribution in [0.4, 0.5) is 0 Å². The molecule has 0 fully saturated rings. The van der Waals surface area contributed by atoms with Crippen LogP contribution in [0, 0.1) is 5.92 Å². The molecule has 0 aliphatic carbocycles. The summed E-state index contributed by atoms with van der Waals surface area (Å²) in [7, 11) is 1.95. The predicted molar refractivity (Wildman–Crippen MR) is 79.4 cm³/mol. The molecule has 0 saturated heterocycles. The first-order valence-electron chi connectivity index (χ1n) is 5.95. The lowest BCUT2D eigenvalue weighted by Crippen LogP contribution is -2.09. The summed E-state index contributed by atoms with van der Waals surface area (Å²) in [6, 6.07) is 8.10. The van der Waals surface area contributed by atoms with Crippen molar-refractivity contribution in [2.45, 2.75) is 12.8 Å². The SMILES string of the molecule is Cn1cc(CC(CBr)Cc2ccc(Cl)cc2)cn1. The van der Waals surface area contributed by atoms with E-state index < -0.39 is 0 Å². The van der Waals surface area contributed by atoms with Gasteiger partial charge >= 0.3 is 0 Å². The van der Waals surface area contributed by atoms with Crippen molar-refractivity contribution in [1.82, 2.24) is 9.78 Å². The monoisotopic (exact) mass is 326 g/mol. The molecule has 0 saturated carbocycles. The molecule has 1 heterocycles. The van der Waals surface area contributed by atoms with Gasteiger partial charge in [-0.05, 0) is 42.0 Å². The van der Waals surface area contributed by atoms with E-state index >= 15 is 0 Å². The molecule has 0 aliphatic heterocycles. The molecule has 2 aromatic rings. The average molecular weight is 328 g/mol. The van der Waals surface area contributed by atoms with Crippen LogP contribution in [0.15, 0.2) is 36.7 Å². The Balaban J connectivity index is 1.99. The molecule has 4 heteroatoms. The number of hydrogen-bond acceptors (Lipinski definition) is 1. The van der Waals surface area contributed by atoms with Crippen LogP contribution < -0.4 is 0 Å². The van der Waals surface area contributed by atoms with Gasteiger partial charge in [-0.15, -0.1) is 0 Å². The van der Waals surface area contributed by atoms with Gasteiger partial charge in [0.25, 0.3) is 0 Å². The number of nitrogens with zero attached hydrogens (tertiary/aromatic N) is 2. The minimum absolute atomic E-state index is 0.579. The molecule has 96 valence electrons. The van der Waals surface area contributed by atoms with Crippen molar-refractivity contribution in [1.29, 1.82) is 0 Å². The Hall–Kier alpha value is -0.800. The predicted octanol–water partition coefficient (Wildman–Crippen LogP) is 3.87. The van der Waals surface area contributed by atoms with Crippen molar-refractivity contribution in [2.75, 3.05) is 5.33 Å². The van der Waals surface area contributed by atoms with Gasteiger partial charge in [-0.1, -0.05) is 39.7 Å². The summed E-state index contributed by atoms with van der Waals surface area (Å²) in [5.74, 6) is 0.579. The van der Waals surface area contributed by atoms with Gasteiger partial charge in [-0.2, -0.15) is 5.10 Å². The first-order valence-corrected chi connectivity index (χ1v) is 7.45. The van der Waals surface area contributed by atoms with Crippen LogP contribution in [0.5, 0.6) is 0 Å². The fourth-order valence-corrected chi connectivity index (χ4v) is 2.63. The van der Waals surface area contributed by atoms with Gasteiger partial charge in [-0.25, -0.2) is 0 Å². The lowest BCUT2D eigenvalue weighted by molar-refractivity contribution is 0.591. The third-order valence-electron chi connectivity index (χ3n) is 2.94. The number of benzene rings is 1. The summed E-state index contributed by atoms with van der Waals surface area (Å²) in [5.41, 5.74) is 2.61. The first-order chi connectivity index (χ1) is 8.67. The largest absolute Gasteiger partial charge is 0.276 e. The Bertz CT molecular complexity index is 493. The van der Waals surface area contributed by atoms with E-state index in [0.717, 1.165) is 23.2 Å². The first kappa shape index (κ1) is 13.6.